The largest absolute Gasteiger partial charge is 0.391 e. The minimum atomic E-state index is -0.385. The number of aromatic nitrogens is 4. The van der Waals surface area contributed by atoms with Crippen LogP contribution >= 0.6 is 0 Å². The van der Waals surface area contributed by atoms with Gasteiger partial charge in [0.25, 0.3) is 5.56 Å². The molecule has 1 saturated heterocycles. The average molecular weight is 311 g/mol. The fourth-order valence-corrected chi connectivity index (χ4v) is 2.96. The number of benzene rings is 1. The summed E-state index contributed by atoms with van der Waals surface area (Å²) in [5, 5.41) is 14.6. The first-order valence-electron chi connectivity index (χ1n) is 7.69. The van der Waals surface area contributed by atoms with Crippen molar-refractivity contribution < 1.29 is 5.11 Å². The van der Waals surface area contributed by atoms with E-state index in [0.717, 1.165) is 25.1 Å². The lowest BCUT2D eigenvalue weighted by Crippen LogP contribution is -2.40. The molecule has 0 spiro atoms. The number of β-amino-alcohol motifs (C(OH)–C–C–N with tert-alkyl or cyclic N) is 1. The zero-order valence-electron chi connectivity index (χ0n) is 12.5. The van der Waals surface area contributed by atoms with Crippen molar-refractivity contribution >= 4 is 17.0 Å². The van der Waals surface area contributed by atoms with Gasteiger partial charge in [0.05, 0.1) is 18.0 Å². The summed E-state index contributed by atoms with van der Waals surface area (Å²) in [5.41, 5.74) is 1.16. The molecular formula is C16H17N5O2. The number of anilines is 1. The third-order valence-corrected chi connectivity index (χ3v) is 4.12. The number of aliphatic hydroxyl groups is 1. The molecule has 0 saturated carbocycles. The van der Waals surface area contributed by atoms with E-state index in [4.69, 9.17) is 0 Å². The topological polar surface area (TPSA) is 87.0 Å². The van der Waals surface area contributed by atoms with E-state index in [1.165, 1.54) is 6.20 Å². The number of hydrogen-bond acceptors (Lipinski definition) is 5. The average Bonchev–Trinajstić information content (AvgIpc) is 3.00. The highest BCUT2D eigenvalue weighted by molar-refractivity contribution is 5.76. The van der Waals surface area contributed by atoms with E-state index in [9.17, 15) is 9.90 Å². The summed E-state index contributed by atoms with van der Waals surface area (Å²) < 4.78 is 1.66. The van der Waals surface area contributed by atoms with Crippen molar-refractivity contribution in [2.45, 2.75) is 18.9 Å². The van der Waals surface area contributed by atoms with Crippen molar-refractivity contribution in [1.29, 1.82) is 0 Å². The Morgan fingerprint density at radius 3 is 2.87 bits per heavy atom. The van der Waals surface area contributed by atoms with Crippen molar-refractivity contribution in [2.75, 3.05) is 18.0 Å². The first-order chi connectivity index (χ1) is 11.2. The van der Waals surface area contributed by atoms with Gasteiger partial charge in [-0.25, -0.2) is 4.68 Å². The molecule has 23 heavy (non-hydrogen) atoms. The molecule has 1 aliphatic heterocycles. The molecule has 0 aliphatic carbocycles. The molecule has 1 fully saturated rings. The molecule has 0 bridgehead atoms. The Labute approximate surface area is 132 Å². The van der Waals surface area contributed by atoms with Gasteiger partial charge >= 0.3 is 0 Å². The van der Waals surface area contributed by atoms with E-state index in [2.05, 4.69) is 15.1 Å². The highest BCUT2D eigenvalue weighted by atomic mass is 16.3. The fraction of sp³-hybridized carbons (Fsp3) is 0.312. The lowest BCUT2D eigenvalue weighted by molar-refractivity contribution is 0.153. The van der Waals surface area contributed by atoms with Crippen LogP contribution in [0.1, 0.15) is 12.8 Å². The van der Waals surface area contributed by atoms with Crippen LogP contribution in [-0.2, 0) is 0 Å². The number of nitrogens with zero attached hydrogens (tertiary/aromatic N) is 4. The molecular weight excluding hydrogens is 294 g/mol. The molecule has 2 aromatic heterocycles. The number of rotatable bonds is 2. The van der Waals surface area contributed by atoms with Crippen LogP contribution in [0.5, 0.6) is 0 Å². The van der Waals surface area contributed by atoms with Crippen LogP contribution in [0.25, 0.3) is 16.7 Å². The van der Waals surface area contributed by atoms with Gasteiger partial charge in [0.15, 0.2) is 5.65 Å². The molecule has 118 valence electrons. The molecule has 7 nitrogen and oxygen atoms in total. The maximum absolute atomic E-state index is 12.3. The van der Waals surface area contributed by atoms with E-state index in [0.29, 0.717) is 23.5 Å². The summed E-state index contributed by atoms with van der Waals surface area (Å²) in [5.74, 6) is 0.485. The normalized spacial score (nSPS) is 18.5. The van der Waals surface area contributed by atoms with Gasteiger partial charge in [-0.05, 0) is 25.0 Å². The maximum Gasteiger partial charge on any atom is 0.263 e. The molecule has 1 aromatic carbocycles. The standard InChI is InChI=1S/C16H17N5O2/c22-12-7-4-8-20(10-12)16-18-14-13(15(23)19-16)9-17-21(14)11-5-2-1-3-6-11/h1-3,5-6,9,12,22H,4,7-8,10H2,(H,18,19,23)/t12-/m1/s1. The first kappa shape index (κ1) is 14.0. The molecule has 1 atom stereocenters. The summed E-state index contributed by atoms with van der Waals surface area (Å²) >= 11 is 0. The van der Waals surface area contributed by atoms with Gasteiger partial charge in [-0.2, -0.15) is 10.1 Å². The van der Waals surface area contributed by atoms with Gasteiger partial charge in [-0.3, -0.25) is 9.78 Å². The van der Waals surface area contributed by atoms with E-state index in [1.54, 1.807) is 4.68 Å². The summed E-state index contributed by atoms with van der Waals surface area (Å²) in [4.78, 5) is 21.6. The Hall–Kier alpha value is -2.67. The monoisotopic (exact) mass is 311 g/mol. The van der Waals surface area contributed by atoms with Gasteiger partial charge in [-0.1, -0.05) is 18.2 Å². The summed E-state index contributed by atoms with van der Waals surface area (Å²) in [6.45, 7) is 1.25. The second kappa shape index (κ2) is 5.51. The van der Waals surface area contributed by atoms with Crippen molar-refractivity contribution in [1.82, 2.24) is 19.7 Å². The van der Waals surface area contributed by atoms with Crippen LogP contribution in [-0.4, -0.2) is 44.0 Å². The van der Waals surface area contributed by atoms with Crippen LogP contribution in [0.15, 0.2) is 41.3 Å². The number of para-hydroxylation sites is 1. The molecule has 3 heterocycles. The fourth-order valence-electron chi connectivity index (χ4n) is 2.96. The molecule has 0 radical (unpaired) electrons. The molecule has 7 heteroatoms. The lowest BCUT2D eigenvalue weighted by Gasteiger charge is -2.30. The van der Waals surface area contributed by atoms with E-state index >= 15 is 0 Å². The van der Waals surface area contributed by atoms with E-state index < -0.39 is 0 Å². The number of fused-ring (bicyclic) bond motifs is 1. The van der Waals surface area contributed by atoms with E-state index in [-0.39, 0.29) is 11.7 Å². The third-order valence-electron chi connectivity index (χ3n) is 4.12. The molecule has 0 amide bonds. The summed E-state index contributed by atoms with van der Waals surface area (Å²) in [6.07, 6.45) is 2.80. The number of piperidine rings is 1. The van der Waals surface area contributed by atoms with Gasteiger partial charge < -0.3 is 10.0 Å². The number of aromatic amines is 1. The highest BCUT2D eigenvalue weighted by Crippen LogP contribution is 2.19. The Balaban J connectivity index is 1.84. The van der Waals surface area contributed by atoms with Crippen molar-refractivity contribution in [3.8, 4) is 5.69 Å². The Kier molecular flexibility index (Phi) is 3.34. The smallest absolute Gasteiger partial charge is 0.263 e. The van der Waals surface area contributed by atoms with Crippen LogP contribution in [0.4, 0.5) is 5.95 Å². The Morgan fingerprint density at radius 1 is 1.26 bits per heavy atom. The Bertz CT molecular complexity index is 886. The van der Waals surface area contributed by atoms with Crippen LogP contribution in [0, 0.1) is 0 Å². The highest BCUT2D eigenvalue weighted by Gasteiger charge is 2.21. The van der Waals surface area contributed by atoms with Gasteiger partial charge in [0.2, 0.25) is 5.95 Å². The quantitative estimate of drug-likeness (QED) is 0.739. The second-order valence-corrected chi connectivity index (χ2v) is 5.76. The summed E-state index contributed by atoms with van der Waals surface area (Å²) in [7, 11) is 0. The number of nitrogens with one attached hydrogen (secondary N) is 1. The van der Waals surface area contributed by atoms with Crippen molar-refractivity contribution in [2.24, 2.45) is 0 Å². The number of aliphatic hydroxyl groups excluding tert-OH is 1. The minimum Gasteiger partial charge on any atom is -0.391 e. The minimum absolute atomic E-state index is 0.216. The predicted octanol–water partition coefficient (Wildman–Crippen LogP) is 1.07. The Morgan fingerprint density at radius 2 is 2.09 bits per heavy atom. The SMILES string of the molecule is O=c1[nH]c(N2CCC[C@@H](O)C2)nc2c1cnn2-c1ccccc1. The van der Waals surface area contributed by atoms with Crippen molar-refractivity contribution in [3.63, 3.8) is 0 Å². The van der Waals surface area contributed by atoms with E-state index in [1.807, 2.05) is 35.2 Å². The lowest BCUT2D eigenvalue weighted by atomic mass is 10.1. The predicted molar refractivity (Wildman–Crippen MR) is 86.9 cm³/mol. The molecule has 4 rings (SSSR count). The second-order valence-electron chi connectivity index (χ2n) is 5.76. The molecule has 2 N–H and O–H groups in total. The van der Waals surface area contributed by atoms with Crippen molar-refractivity contribution in [3.05, 3.63) is 46.9 Å². The first-order valence-corrected chi connectivity index (χ1v) is 7.69. The molecule has 3 aromatic rings. The third kappa shape index (κ3) is 2.49. The molecule has 0 unspecified atom stereocenters. The van der Waals surface area contributed by atoms with Gasteiger partial charge in [-0.15, -0.1) is 0 Å². The number of hydrogen-bond donors (Lipinski definition) is 2. The zero-order valence-corrected chi connectivity index (χ0v) is 12.5. The van der Waals surface area contributed by atoms with Crippen LogP contribution in [0.2, 0.25) is 0 Å². The van der Waals surface area contributed by atoms with Gasteiger partial charge in [0.1, 0.15) is 5.39 Å². The van der Waals surface area contributed by atoms with Crippen LogP contribution < -0.4 is 10.5 Å². The zero-order chi connectivity index (χ0) is 15.8. The van der Waals surface area contributed by atoms with Crippen LogP contribution in [0.3, 0.4) is 0 Å². The maximum atomic E-state index is 12.3. The summed E-state index contributed by atoms with van der Waals surface area (Å²) in [6, 6.07) is 9.59. The number of H-pyrrole nitrogens is 1. The van der Waals surface area contributed by atoms with Gasteiger partial charge in [0, 0.05) is 13.1 Å². The molecule has 1 aliphatic rings.